The average molecular weight is 296 g/mol. The minimum atomic E-state index is -0.429. The number of hydrogen-bond donors (Lipinski definition) is 1. The van der Waals surface area contributed by atoms with Crippen LogP contribution in [-0.4, -0.2) is 31.3 Å². The van der Waals surface area contributed by atoms with E-state index in [1.54, 1.807) is 12.1 Å². The number of nitro groups is 1. The second kappa shape index (κ2) is 9.31. The van der Waals surface area contributed by atoms with Crippen LogP contribution in [0.25, 0.3) is 0 Å². The van der Waals surface area contributed by atoms with Crippen molar-refractivity contribution in [2.45, 2.75) is 27.3 Å². The maximum Gasteiger partial charge on any atom is 0.310 e. The zero-order valence-electron chi connectivity index (χ0n) is 12.9. The van der Waals surface area contributed by atoms with Gasteiger partial charge >= 0.3 is 5.69 Å². The molecule has 21 heavy (non-hydrogen) atoms. The van der Waals surface area contributed by atoms with Gasteiger partial charge in [-0.1, -0.05) is 26.8 Å². The lowest BCUT2D eigenvalue weighted by molar-refractivity contribution is -0.385. The van der Waals surface area contributed by atoms with Crippen LogP contribution in [0.3, 0.4) is 0 Å². The third kappa shape index (κ3) is 6.55. The van der Waals surface area contributed by atoms with E-state index in [4.69, 9.17) is 9.47 Å². The van der Waals surface area contributed by atoms with E-state index in [1.165, 1.54) is 6.07 Å². The molecule has 1 N–H and O–H groups in total. The van der Waals surface area contributed by atoms with Gasteiger partial charge in [0.15, 0.2) is 5.75 Å². The van der Waals surface area contributed by atoms with Crippen LogP contribution < -0.4 is 10.1 Å². The first-order valence-corrected chi connectivity index (χ1v) is 7.23. The molecule has 0 spiro atoms. The van der Waals surface area contributed by atoms with Crippen LogP contribution in [0.2, 0.25) is 0 Å². The highest BCUT2D eigenvalue weighted by atomic mass is 16.6. The number of benzene rings is 1. The van der Waals surface area contributed by atoms with Crippen LogP contribution >= 0.6 is 0 Å². The van der Waals surface area contributed by atoms with Crippen molar-refractivity contribution in [1.29, 1.82) is 0 Å². The van der Waals surface area contributed by atoms with E-state index in [9.17, 15) is 10.1 Å². The summed E-state index contributed by atoms with van der Waals surface area (Å²) in [4.78, 5) is 10.6. The van der Waals surface area contributed by atoms with Gasteiger partial charge in [-0.3, -0.25) is 10.1 Å². The third-order valence-electron chi connectivity index (χ3n) is 2.74. The molecule has 0 aliphatic carbocycles. The van der Waals surface area contributed by atoms with E-state index in [2.05, 4.69) is 19.2 Å². The second-order valence-corrected chi connectivity index (χ2v) is 5.16. The lowest BCUT2D eigenvalue weighted by Crippen LogP contribution is -2.13. The highest BCUT2D eigenvalue weighted by Crippen LogP contribution is 2.27. The summed E-state index contributed by atoms with van der Waals surface area (Å²) in [5, 5.41) is 14.2. The van der Waals surface area contributed by atoms with Gasteiger partial charge in [-0.25, -0.2) is 0 Å². The van der Waals surface area contributed by atoms with Gasteiger partial charge in [0.05, 0.1) is 11.5 Å². The van der Waals surface area contributed by atoms with E-state index in [0.717, 1.165) is 12.1 Å². The van der Waals surface area contributed by atoms with Crippen molar-refractivity contribution in [3.63, 3.8) is 0 Å². The molecule has 1 aromatic rings. The van der Waals surface area contributed by atoms with Gasteiger partial charge in [0.1, 0.15) is 6.61 Å². The van der Waals surface area contributed by atoms with E-state index in [0.29, 0.717) is 38.0 Å². The molecular weight excluding hydrogens is 272 g/mol. The Labute approximate surface area is 125 Å². The van der Waals surface area contributed by atoms with Crippen molar-refractivity contribution in [3.05, 3.63) is 33.9 Å². The molecule has 1 rings (SSSR count). The average Bonchev–Trinajstić information content (AvgIpc) is 2.44. The first kappa shape index (κ1) is 17.4. The van der Waals surface area contributed by atoms with Crippen LogP contribution in [0.1, 0.15) is 26.3 Å². The normalized spacial score (nSPS) is 10.9. The number of hydrogen-bond acceptors (Lipinski definition) is 5. The summed E-state index contributed by atoms with van der Waals surface area (Å²) in [5.41, 5.74) is 0.944. The van der Waals surface area contributed by atoms with Gasteiger partial charge in [-0.2, -0.15) is 0 Å². The Balaban J connectivity index is 2.61. The summed E-state index contributed by atoms with van der Waals surface area (Å²) in [6.45, 7) is 9.03. The number of nitrogens with one attached hydrogen (secondary N) is 1. The monoisotopic (exact) mass is 296 g/mol. The first-order chi connectivity index (χ1) is 10.0. The van der Waals surface area contributed by atoms with E-state index in [1.807, 2.05) is 6.92 Å². The Hall–Kier alpha value is -1.66. The fraction of sp³-hybridized carbons (Fsp3) is 0.600. The molecule has 0 aliphatic heterocycles. The van der Waals surface area contributed by atoms with Gasteiger partial charge in [0, 0.05) is 19.2 Å². The fourth-order valence-corrected chi connectivity index (χ4v) is 1.73. The van der Waals surface area contributed by atoms with Crippen LogP contribution in [0.4, 0.5) is 5.69 Å². The van der Waals surface area contributed by atoms with Crippen LogP contribution in [-0.2, 0) is 11.3 Å². The van der Waals surface area contributed by atoms with E-state index < -0.39 is 4.92 Å². The standard InChI is InChI=1S/C15H24N2O4/c1-4-16-10-13-5-6-14(17(18)19)15(9-13)21-8-7-20-11-12(2)3/h5-6,9,12,16H,4,7-8,10-11H2,1-3H3. The van der Waals surface area contributed by atoms with Gasteiger partial charge in [0.2, 0.25) is 0 Å². The molecule has 0 atom stereocenters. The summed E-state index contributed by atoms with van der Waals surface area (Å²) < 4.78 is 10.9. The predicted octanol–water partition coefficient (Wildman–Crippen LogP) is 2.76. The Bertz CT molecular complexity index is 449. The molecule has 118 valence electrons. The Morgan fingerprint density at radius 1 is 1.33 bits per heavy atom. The number of ether oxygens (including phenoxy) is 2. The minimum absolute atomic E-state index is 0.0147. The highest BCUT2D eigenvalue weighted by Gasteiger charge is 2.15. The minimum Gasteiger partial charge on any atom is -0.484 e. The summed E-state index contributed by atoms with van der Waals surface area (Å²) >= 11 is 0. The molecule has 0 saturated carbocycles. The lowest BCUT2D eigenvalue weighted by Gasteiger charge is -2.10. The molecule has 0 aliphatic rings. The molecule has 0 fully saturated rings. The molecule has 0 bridgehead atoms. The Morgan fingerprint density at radius 3 is 2.71 bits per heavy atom. The van der Waals surface area contributed by atoms with Gasteiger partial charge < -0.3 is 14.8 Å². The molecule has 0 amide bonds. The van der Waals surface area contributed by atoms with Crippen molar-refractivity contribution in [3.8, 4) is 5.75 Å². The maximum absolute atomic E-state index is 11.0. The Kier molecular flexibility index (Phi) is 7.71. The smallest absolute Gasteiger partial charge is 0.310 e. The molecular formula is C15H24N2O4. The first-order valence-electron chi connectivity index (χ1n) is 7.23. The summed E-state index contributed by atoms with van der Waals surface area (Å²) in [7, 11) is 0. The SMILES string of the molecule is CCNCc1ccc([N+](=O)[O-])c(OCCOCC(C)C)c1. The molecule has 0 heterocycles. The van der Waals surface area contributed by atoms with Gasteiger partial charge in [-0.15, -0.1) is 0 Å². The zero-order valence-corrected chi connectivity index (χ0v) is 12.9. The predicted molar refractivity (Wildman–Crippen MR) is 81.6 cm³/mol. The van der Waals surface area contributed by atoms with Crippen molar-refractivity contribution in [1.82, 2.24) is 5.32 Å². The van der Waals surface area contributed by atoms with Crippen LogP contribution in [0.15, 0.2) is 18.2 Å². The molecule has 0 radical (unpaired) electrons. The van der Waals surface area contributed by atoms with Crippen molar-refractivity contribution in [2.75, 3.05) is 26.4 Å². The second-order valence-electron chi connectivity index (χ2n) is 5.16. The van der Waals surface area contributed by atoms with Crippen LogP contribution in [0.5, 0.6) is 5.75 Å². The van der Waals surface area contributed by atoms with Crippen LogP contribution in [0, 0.1) is 16.0 Å². The number of nitrogens with zero attached hydrogens (tertiary/aromatic N) is 1. The van der Waals surface area contributed by atoms with Crippen molar-refractivity contribution in [2.24, 2.45) is 5.92 Å². The molecule has 6 heteroatoms. The summed E-state index contributed by atoms with van der Waals surface area (Å²) in [5.74, 6) is 0.756. The Morgan fingerprint density at radius 2 is 2.10 bits per heavy atom. The third-order valence-corrected chi connectivity index (χ3v) is 2.74. The number of rotatable bonds is 10. The van der Waals surface area contributed by atoms with E-state index >= 15 is 0 Å². The highest BCUT2D eigenvalue weighted by molar-refractivity contribution is 5.48. The molecule has 6 nitrogen and oxygen atoms in total. The van der Waals surface area contributed by atoms with Gasteiger partial charge in [-0.05, 0) is 24.1 Å². The summed E-state index contributed by atoms with van der Waals surface area (Å²) in [6, 6.07) is 4.93. The molecule has 0 aromatic heterocycles. The molecule has 1 aromatic carbocycles. The number of nitro benzene ring substituents is 1. The molecule has 0 saturated heterocycles. The zero-order chi connectivity index (χ0) is 15.7. The lowest BCUT2D eigenvalue weighted by atomic mass is 10.2. The van der Waals surface area contributed by atoms with Gasteiger partial charge in [0.25, 0.3) is 0 Å². The van der Waals surface area contributed by atoms with Crippen molar-refractivity contribution >= 4 is 5.69 Å². The maximum atomic E-state index is 11.0. The summed E-state index contributed by atoms with van der Waals surface area (Å²) in [6.07, 6.45) is 0. The quantitative estimate of drug-likeness (QED) is 0.408. The topological polar surface area (TPSA) is 73.6 Å². The fourth-order valence-electron chi connectivity index (χ4n) is 1.73. The molecule has 0 unspecified atom stereocenters. The van der Waals surface area contributed by atoms with E-state index in [-0.39, 0.29) is 5.69 Å². The van der Waals surface area contributed by atoms with Crippen molar-refractivity contribution < 1.29 is 14.4 Å². The largest absolute Gasteiger partial charge is 0.484 e.